The van der Waals surface area contributed by atoms with Crippen molar-refractivity contribution in [3.8, 4) is 0 Å². The Morgan fingerprint density at radius 3 is 2.52 bits per heavy atom. The van der Waals surface area contributed by atoms with Crippen molar-refractivity contribution in [2.24, 2.45) is 4.99 Å². The number of nitrogens with one attached hydrogen (secondary N) is 2. The van der Waals surface area contributed by atoms with Gasteiger partial charge in [0.25, 0.3) is 0 Å². The van der Waals surface area contributed by atoms with E-state index in [0.717, 1.165) is 17.9 Å². The van der Waals surface area contributed by atoms with Gasteiger partial charge in [-0.15, -0.1) is 0 Å². The Bertz CT molecular complexity index is 735. The summed E-state index contributed by atoms with van der Waals surface area (Å²) in [6, 6.07) is 6.29. The van der Waals surface area contributed by atoms with Gasteiger partial charge in [0, 0.05) is 25.6 Å². The zero-order valence-electron chi connectivity index (χ0n) is 16.7. The lowest BCUT2D eigenvalue weighted by atomic mass is 9.94. The molecule has 1 aromatic carbocycles. The number of oxazole rings is 1. The first kappa shape index (κ1) is 20.9. The molecule has 2 N–H and O–H groups in total. The van der Waals surface area contributed by atoms with Gasteiger partial charge in [-0.05, 0) is 24.6 Å². The normalized spacial score (nSPS) is 13.5. The average Bonchev–Trinajstić information content (AvgIpc) is 3.11. The minimum absolute atomic E-state index is 0.0848. The highest BCUT2D eigenvalue weighted by Crippen LogP contribution is 2.22. The third-order valence-electron chi connectivity index (χ3n) is 3.99. The van der Waals surface area contributed by atoms with E-state index < -0.39 is 0 Å². The van der Waals surface area contributed by atoms with E-state index in [9.17, 15) is 4.39 Å². The van der Waals surface area contributed by atoms with Gasteiger partial charge in [-0.3, -0.25) is 0 Å². The van der Waals surface area contributed by atoms with E-state index in [-0.39, 0.29) is 17.3 Å². The van der Waals surface area contributed by atoms with Crippen LogP contribution in [0.5, 0.6) is 0 Å². The molecule has 2 rings (SSSR count). The number of hydrogen-bond donors (Lipinski definition) is 2. The molecule has 0 bridgehead atoms. The second kappa shape index (κ2) is 9.50. The van der Waals surface area contributed by atoms with Crippen LogP contribution in [0, 0.1) is 5.82 Å². The molecule has 1 heterocycles. The number of aromatic nitrogens is 1. The predicted molar refractivity (Wildman–Crippen MR) is 104 cm³/mol. The van der Waals surface area contributed by atoms with Crippen molar-refractivity contribution in [2.75, 3.05) is 20.2 Å². The van der Waals surface area contributed by atoms with Crippen LogP contribution in [0.15, 0.2) is 39.9 Å². The SMILES string of the molecule is CCNC(=NCc1ncc(C(C)(C)C)o1)NCC(OC)c1ccc(F)cc1. The molecule has 0 saturated carbocycles. The van der Waals surface area contributed by atoms with E-state index in [0.29, 0.717) is 24.9 Å². The number of nitrogens with zero attached hydrogens (tertiary/aromatic N) is 2. The van der Waals surface area contributed by atoms with Gasteiger partial charge in [-0.1, -0.05) is 32.9 Å². The number of hydrogen-bond acceptors (Lipinski definition) is 4. The second-order valence-corrected chi connectivity index (χ2v) is 7.22. The van der Waals surface area contributed by atoms with Gasteiger partial charge in [0.15, 0.2) is 5.96 Å². The Morgan fingerprint density at radius 1 is 1.26 bits per heavy atom. The Kier molecular flexibility index (Phi) is 7.36. The van der Waals surface area contributed by atoms with Crippen LogP contribution in [0.2, 0.25) is 0 Å². The van der Waals surface area contributed by atoms with Gasteiger partial charge < -0.3 is 19.8 Å². The quantitative estimate of drug-likeness (QED) is 0.571. The number of benzene rings is 1. The molecule has 0 radical (unpaired) electrons. The molecule has 7 heteroatoms. The molecule has 148 valence electrons. The monoisotopic (exact) mass is 376 g/mol. The Hall–Kier alpha value is -2.41. The van der Waals surface area contributed by atoms with Gasteiger partial charge in [-0.25, -0.2) is 14.4 Å². The summed E-state index contributed by atoms with van der Waals surface area (Å²) in [5.41, 5.74) is 0.809. The lowest BCUT2D eigenvalue weighted by Crippen LogP contribution is -2.39. The van der Waals surface area contributed by atoms with E-state index in [2.05, 4.69) is 41.4 Å². The first-order valence-corrected chi connectivity index (χ1v) is 9.09. The van der Waals surface area contributed by atoms with Gasteiger partial charge in [0.05, 0.1) is 12.3 Å². The number of rotatable bonds is 7. The lowest BCUT2D eigenvalue weighted by Gasteiger charge is -2.18. The van der Waals surface area contributed by atoms with Crippen LogP contribution in [0.25, 0.3) is 0 Å². The maximum atomic E-state index is 13.1. The molecule has 27 heavy (non-hydrogen) atoms. The van der Waals surface area contributed by atoms with Crippen LogP contribution in [0.3, 0.4) is 0 Å². The molecule has 1 unspecified atom stereocenters. The van der Waals surface area contributed by atoms with Crippen molar-refractivity contribution >= 4 is 5.96 Å². The topological polar surface area (TPSA) is 71.7 Å². The molecule has 1 atom stereocenters. The number of ether oxygens (including phenoxy) is 1. The third kappa shape index (κ3) is 6.36. The van der Waals surface area contributed by atoms with Crippen LogP contribution >= 0.6 is 0 Å². The van der Waals surface area contributed by atoms with Crippen LogP contribution in [0.1, 0.15) is 51.0 Å². The largest absolute Gasteiger partial charge is 0.443 e. The zero-order chi connectivity index (χ0) is 19.9. The van der Waals surface area contributed by atoms with E-state index in [4.69, 9.17) is 9.15 Å². The molecule has 6 nitrogen and oxygen atoms in total. The highest BCUT2D eigenvalue weighted by molar-refractivity contribution is 5.79. The Morgan fingerprint density at radius 2 is 1.96 bits per heavy atom. The maximum absolute atomic E-state index is 13.1. The van der Waals surface area contributed by atoms with Crippen molar-refractivity contribution in [1.82, 2.24) is 15.6 Å². The fraction of sp³-hybridized carbons (Fsp3) is 0.500. The summed E-state index contributed by atoms with van der Waals surface area (Å²) in [5.74, 6) is 1.77. The summed E-state index contributed by atoms with van der Waals surface area (Å²) in [6.07, 6.45) is 1.53. The maximum Gasteiger partial charge on any atom is 0.216 e. The molecule has 0 aliphatic rings. The van der Waals surface area contributed by atoms with Crippen molar-refractivity contribution in [1.29, 1.82) is 0 Å². The average molecular weight is 376 g/mol. The molecular formula is C20H29FN4O2. The van der Waals surface area contributed by atoms with E-state index in [1.165, 1.54) is 12.1 Å². The minimum Gasteiger partial charge on any atom is -0.443 e. The lowest BCUT2D eigenvalue weighted by molar-refractivity contribution is 0.106. The molecule has 0 amide bonds. The van der Waals surface area contributed by atoms with E-state index in [1.807, 2.05) is 6.92 Å². The number of methoxy groups -OCH3 is 1. The second-order valence-electron chi connectivity index (χ2n) is 7.22. The summed E-state index contributed by atoms with van der Waals surface area (Å²) < 4.78 is 24.4. The molecule has 0 fully saturated rings. The van der Waals surface area contributed by atoms with Crippen molar-refractivity contribution in [2.45, 2.75) is 45.8 Å². The third-order valence-corrected chi connectivity index (χ3v) is 3.99. The minimum atomic E-state index is -0.267. The summed E-state index contributed by atoms with van der Waals surface area (Å²) in [6.45, 7) is 9.77. The first-order valence-electron chi connectivity index (χ1n) is 9.09. The molecule has 1 aromatic heterocycles. The van der Waals surface area contributed by atoms with Crippen molar-refractivity contribution in [3.63, 3.8) is 0 Å². The molecule has 2 aromatic rings. The predicted octanol–water partition coefficient (Wildman–Crippen LogP) is 3.55. The summed E-state index contributed by atoms with van der Waals surface area (Å²) in [4.78, 5) is 8.81. The molecule has 0 saturated heterocycles. The van der Waals surface area contributed by atoms with Gasteiger partial charge in [0.1, 0.15) is 18.1 Å². The molecule has 0 aliphatic heterocycles. The van der Waals surface area contributed by atoms with E-state index in [1.54, 1.807) is 25.4 Å². The van der Waals surface area contributed by atoms with Crippen LogP contribution in [0.4, 0.5) is 4.39 Å². The fourth-order valence-electron chi connectivity index (χ4n) is 2.42. The smallest absolute Gasteiger partial charge is 0.216 e. The number of aliphatic imine (C=N–C) groups is 1. The molecule has 0 spiro atoms. The molecular weight excluding hydrogens is 347 g/mol. The summed E-state index contributed by atoms with van der Waals surface area (Å²) >= 11 is 0. The van der Waals surface area contributed by atoms with Crippen LogP contribution in [-0.4, -0.2) is 31.1 Å². The standard InChI is InChI=1S/C20H29FN4O2/c1-6-22-19(25-13-18-23-12-17(27-18)20(2,3)4)24-11-16(26-5)14-7-9-15(21)10-8-14/h7-10,12,16H,6,11,13H2,1-5H3,(H2,22,24,25). The first-order chi connectivity index (χ1) is 12.8. The Balaban J connectivity index is 2.00. The highest BCUT2D eigenvalue weighted by Gasteiger charge is 2.19. The fourth-order valence-corrected chi connectivity index (χ4v) is 2.42. The van der Waals surface area contributed by atoms with Gasteiger partial charge >= 0.3 is 0 Å². The van der Waals surface area contributed by atoms with Crippen molar-refractivity contribution in [3.05, 3.63) is 53.5 Å². The zero-order valence-corrected chi connectivity index (χ0v) is 16.7. The van der Waals surface area contributed by atoms with Crippen LogP contribution in [-0.2, 0) is 16.7 Å². The van der Waals surface area contributed by atoms with E-state index >= 15 is 0 Å². The summed E-state index contributed by atoms with van der Waals surface area (Å²) in [7, 11) is 1.63. The van der Waals surface area contributed by atoms with Gasteiger partial charge in [-0.2, -0.15) is 0 Å². The number of halogens is 1. The van der Waals surface area contributed by atoms with Crippen molar-refractivity contribution < 1.29 is 13.5 Å². The molecule has 0 aliphatic carbocycles. The highest BCUT2D eigenvalue weighted by atomic mass is 19.1. The van der Waals surface area contributed by atoms with Gasteiger partial charge in [0.2, 0.25) is 5.89 Å². The Labute approximate surface area is 160 Å². The van der Waals surface area contributed by atoms with Crippen LogP contribution < -0.4 is 10.6 Å². The summed E-state index contributed by atoms with van der Waals surface area (Å²) in [5, 5.41) is 6.43. The number of guanidine groups is 1.